The Kier molecular flexibility index (Phi) is 6.60. The number of carbonyl (C=O) groups excluding carboxylic acids is 1. The van der Waals surface area contributed by atoms with Crippen LogP contribution in [0.4, 0.5) is 5.69 Å². The zero-order chi connectivity index (χ0) is 17.6. The highest BCUT2D eigenvalue weighted by atomic mass is 16.5. The van der Waals surface area contributed by atoms with Gasteiger partial charge in [-0.1, -0.05) is 26.7 Å². The average molecular weight is 334 g/mol. The first kappa shape index (κ1) is 18.7. The molecule has 1 aliphatic carbocycles. The molecule has 24 heavy (non-hydrogen) atoms. The molecule has 2 rings (SSSR count). The van der Waals surface area contributed by atoms with Crippen LogP contribution in [-0.4, -0.2) is 30.2 Å². The summed E-state index contributed by atoms with van der Waals surface area (Å²) in [5.41, 5.74) is 0.755. The fourth-order valence-corrected chi connectivity index (χ4v) is 3.30. The maximum absolute atomic E-state index is 12.8. The lowest BCUT2D eigenvalue weighted by atomic mass is 9.78. The summed E-state index contributed by atoms with van der Waals surface area (Å²) in [5, 5.41) is 3.00. The van der Waals surface area contributed by atoms with Gasteiger partial charge in [-0.3, -0.25) is 4.79 Å². The van der Waals surface area contributed by atoms with Gasteiger partial charge in [0.15, 0.2) is 0 Å². The van der Waals surface area contributed by atoms with E-state index in [4.69, 9.17) is 9.47 Å². The van der Waals surface area contributed by atoms with Crippen molar-refractivity contribution >= 4 is 11.6 Å². The number of unbranched alkanes of at least 4 members (excludes halogenated alkanes) is 1. The highest BCUT2D eigenvalue weighted by molar-refractivity contribution is 5.97. The van der Waals surface area contributed by atoms with Crippen LogP contribution in [0.2, 0.25) is 0 Å². The number of anilines is 1. The maximum atomic E-state index is 12.8. The van der Waals surface area contributed by atoms with Crippen molar-refractivity contribution < 1.29 is 14.3 Å². The average Bonchev–Trinajstić information content (AvgIpc) is 2.57. The summed E-state index contributed by atoms with van der Waals surface area (Å²) in [6.07, 6.45) is 5.80. The van der Waals surface area contributed by atoms with E-state index in [2.05, 4.69) is 24.1 Å². The number of carbonyl (C=O) groups is 1. The number of aryl methyl sites for hydroxylation is 1. The number of hydrogen-bond donors (Lipinski definition) is 1. The summed E-state index contributed by atoms with van der Waals surface area (Å²) in [4.78, 5) is 17.2. The summed E-state index contributed by atoms with van der Waals surface area (Å²) < 4.78 is 11.3. The highest BCUT2D eigenvalue weighted by Gasteiger charge is 2.42. The second-order valence-electron chi connectivity index (χ2n) is 6.84. The van der Waals surface area contributed by atoms with E-state index in [0.717, 1.165) is 49.9 Å². The number of aromatic nitrogens is 1. The van der Waals surface area contributed by atoms with E-state index in [-0.39, 0.29) is 5.91 Å². The molecule has 0 aromatic carbocycles. The van der Waals surface area contributed by atoms with Crippen LogP contribution in [0.5, 0.6) is 5.88 Å². The van der Waals surface area contributed by atoms with Gasteiger partial charge in [-0.15, -0.1) is 0 Å². The molecule has 0 spiro atoms. The molecule has 134 valence electrons. The zero-order valence-corrected chi connectivity index (χ0v) is 15.4. The van der Waals surface area contributed by atoms with Gasteiger partial charge in [0.2, 0.25) is 5.88 Å². The van der Waals surface area contributed by atoms with Crippen molar-refractivity contribution in [1.29, 1.82) is 0 Å². The minimum atomic E-state index is -0.722. The molecule has 5 heteroatoms. The smallest absolute Gasteiger partial charge is 0.256 e. The number of nitrogens with one attached hydrogen (secondary N) is 1. The molecule has 1 amide bonds. The first-order chi connectivity index (χ1) is 11.5. The van der Waals surface area contributed by atoms with Crippen LogP contribution in [0.3, 0.4) is 0 Å². The summed E-state index contributed by atoms with van der Waals surface area (Å²) >= 11 is 0. The molecule has 1 aliphatic rings. The second-order valence-corrected chi connectivity index (χ2v) is 6.84. The fourth-order valence-electron chi connectivity index (χ4n) is 3.30. The Morgan fingerprint density at radius 3 is 2.88 bits per heavy atom. The fraction of sp³-hybridized carbons (Fsp3) is 0.684. The van der Waals surface area contributed by atoms with Crippen molar-refractivity contribution in [3.05, 3.63) is 17.8 Å². The lowest BCUT2D eigenvalue weighted by Gasteiger charge is -2.37. The van der Waals surface area contributed by atoms with Gasteiger partial charge in [0, 0.05) is 13.2 Å². The van der Waals surface area contributed by atoms with Crippen molar-refractivity contribution in [3.8, 4) is 5.88 Å². The van der Waals surface area contributed by atoms with E-state index in [9.17, 15) is 4.79 Å². The molecular weight excluding hydrogens is 304 g/mol. The van der Waals surface area contributed by atoms with Gasteiger partial charge in [0.25, 0.3) is 5.91 Å². The Hall–Kier alpha value is -1.62. The number of hydrogen-bond acceptors (Lipinski definition) is 4. The van der Waals surface area contributed by atoms with E-state index >= 15 is 0 Å². The van der Waals surface area contributed by atoms with Gasteiger partial charge in [0.05, 0.1) is 18.0 Å². The summed E-state index contributed by atoms with van der Waals surface area (Å²) in [6.45, 7) is 6.85. The SMILES string of the molecule is CCCCOc1ccc(NC(=O)[C@@]2(OC)CCC[C@@H](C)C2)c(C)n1. The van der Waals surface area contributed by atoms with Gasteiger partial charge in [0.1, 0.15) is 5.60 Å². The lowest BCUT2D eigenvalue weighted by molar-refractivity contribution is -0.143. The van der Waals surface area contributed by atoms with Gasteiger partial charge < -0.3 is 14.8 Å². The third-order valence-electron chi connectivity index (χ3n) is 4.82. The quantitative estimate of drug-likeness (QED) is 0.763. The van der Waals surface area contributed by atoms with Crippen LogP contribution in [0, 0.1) is 12.8 Å². The minimum absolute atomic E-state index is 0.0684. The molecule has 0 bridgehead atoms. The molecule has 1 N–H and O–H groups in total. The Labute approximate surface area is 145 Å². The van der Waals surface area contributed by atoms with Crippen molar-refractivity contribution in [2.24, 2.45) is 5.92 Å². The van der Waals surface area contributed by atoms with E-state index in [1.165, 1.54) is 0 Å². The topological polar surface area (TPSA) is 60.5 Å². The lowest BCUT2D eigenvalue weighted by Crippen LogP contribution is -2.48. The van der Waals surface area contributed by atoms with E-state index in [1.54, 1.807) is 13.2 Å². The summed E-state index contributed by atoms with van der Waals surface area (Å²) in [7, 11) is 1.63. The van der Waals surface area contributed by atoms with Crippen LogP contribution in [0.15, 0.2) is 12.1 Å². The molecule has 0 radical (unpaired) electrons. The van der Waals surface area contributed by atoms with Crippen molar-refractivity contribution in [3.63, 3.8) is 0 Å². The monoisotopic (exact) mass is 334 g/mol. The van der Waals surface area contributed by atoms with Crippen LogP contribution < -0.4 is 10.1 Å². The standard InChI is InChI=1S/C19H30N2O3/c1-5-6-12-24-17-10-9-16(15(3)20-17)21-18(22)19(23-4)11-7-8-14(2)13-19/h9-10,14H,5-8,11-13H2,1-4H3,(H,21,22)/t14-,19-/m1/s1. The van der Waals surface area contributed by atoms with Crippen LogP contribution >= 0.6 is 0 Å². The first-order valence-electron chi connectivity index (χ1n) is 8.98. The zero-order valence-electron chi connectivity index (χ0n) is 15.4. The van der Waals surface area contributed by atoms with Crippen LogP contribution in [-0.2, 0) is 9.53 Å². The van der Waals surface area contributed by atoms with Gasteiger partial charge in [-0.25, -0.2) is 4.98 Å². The number of amides is 1. The Bertz CT molecular complexity index is 562. The molecule has 5 nitrogen and oxygen atoms in total. The molecular formula is C19H30N2O3. The Morgan fingerprint density at radius 1 is 1.46 bits per heavy atom. The Balaban J connectivity index is 2.05. The Morgan fingerprint density at radius 2 is 2.25 bits per heavy atom. The molecule has 0 unspecified atom stereocenters. The van der Waals surface area contributed by atoms with Gasteiger partial charge in [-0.05, 0) is 44.6 Å². The molecule has 1 aromatic rings. The second kappa shape index (κ2) is 8.47. The number of nitrogens with zero attached hydrogens (tertiary/aromatic N) is 1. The predicted molar refractivity (Wildman–Crippen MR) is 95.4 cm³/mol. The minimum Gasteiger partial charge on any atom is -0.478 e. The molecule has 0 saturated heterocycles. The van der Waals surface area contributed by atoms with Crippen LogP contribution in [0.1, 0.15) is 58.1 Å². The first-order valence-corrected chi connectivity index (χ1v) is 8.98. The van der Waals surface area contributed by atoms with Gasteiger partial charge in [-0.2, -0.15) is 0 Å². The van der Waals surface area contributed by atoms with Gasteiger partial charge >= 0.3 is 0 Å². The molecule has 2 atom stereocenters. The number of methoxy groups -OCH3 is 1. The molecule has 1 heterocycles. The van der Waals surface area contributed by atoms with E-state index in [0.29, 0.717) is 18.4 Å². The molecule has 1 fully saturated rings. The molecule has 1 aromatic heterocycles. The number of ether oxygens (including phenoxy) is 2. The van der Waals surface area contributed by atoms with E-state index < -0.39 is 5.60 Å². The third-order valence-corrected chi connectivity index (χ3v) is 4.82. The van der Waals surface area contributed by atoms with Crippen molar-refractivity contribution in [1.82, 2.24) is 4.98 Å². The summed E-state index contributed by atoms with van der Waals surface area (Å²) in [6, 6.07) is 3.67. The number of rotatable bonds is 7. The normalized spacial score (nSPS) is 23.8. The molecule has 1 saturated carbocycles. The van der Waals surface area contributed by atoms with Crippen LogP contribution in [0.25, 0.3) is 0 Å². The molecule has 0 aliphatic heterocycles. The largest absolute Gasteiger partial charge is 0.478 e. The highest BCUT2D eigenvalue weighted by Crippen LogP contribution is 2.36. The maximum Gasteiger partial charge on any atom is 0.256 e. The summed E-state index contributed by atoms with van der Waals surface area (Å²) in [5.74, 6) is 1.03. The van der Waals surface area contributed by atoms with E-state index in [1.807, 2.05) is 13.0 Å². The predicted octanol–water partition coefficient (Wildman–Crippen LogP) is 4.10. The van der Waals surface area contributed by atoms with Crippen molar-refractivity contribution in [2.45, 2.75) is 64.9 Å². The third kappa shape index (κ3) is 4.47. The number of pyridine rings is 1. The van der Waals surface area contributed by atoms with Crippen molar-refractivity contribution in [2.75, 3.05) is 19.0 Å².